The maximum absolute atomic E-state index is 13.0. The molecular formula is C25H30N6O4. The molecule has 35 heavy (non-hydrogen) atoms. The third-order valence-electron chi connectivity index (χ3n) is 6.13. The van der Waals surface area contributed by atoms with Gasteiger partial charge >= 0.3 is 0 Å². The number of hydrogen-bond acceptors (Lipinski definition) is 8. The molecule has 3 heterocycles. The van der Waals surface area contributed by atoms with E-state index in [4.69, 9.17) is 9.26 Å². The van der Waals surface area contributed by atoms with Gasteiger partial charge in [-0.1, -0.05) is 17.3 Å². The number of amides is 2. The SMILES string of the molecule is COc1ccc(CCC(=O)N2CCCC(c3nc(-c4cnccn4)no3)CCNC(=O)CC2)cc1. The number of benzene rings is 1. The van der Waals surface area contributed by atoms with Crippen molar-refractivity contribution in [2.24, 2.45) is 0 Å². The van der Waals surface area contributed by atoms with Crippen LogP contribution < -0.4 is 10.1 Å². The highest BCUT2D eigenvalue weighted by molar-refractivity contribution is 5.79. The third kappa shape index (κ3) is 6.84. The molecule has 2 aromatic heterocycles. The molecule has 3 aromatic rings. The van der Waals surface area contributed by atoms with Crippen LogP contribution in [0.15, 0.2) is 47.4 Å². The van der Waals surface area contributed by atoms with E-state index >= 15 is 0 Å². The molecule has 2 amide bonds. The fourth-order valence-electron chi connectivity index (χ4n) is 4.11. The third-order valence-corrected chi connectivity index (χ3v) is 6.13. The van der Waals surface area contributed by atoms with Crippen LogP contribution in [0, 0.1) is 0 Å². The second-order valence-corrected chi connectivity index (χ2v) is 8.50. The topological polar surface area (TPSA) is 123 Å². The van der Waals surface area contributed by atoms with Crippen LogP contribution in [0.5, 0.6) is 5.75 Å². The van der Waals surface area contributed by atoms with E-state index in [1.807, 2.05) is 24.3 Å². The van der Waals surface area contributed by atoms with E-state index in [-0.39, 0.29) is 24.2 Å². The predicted octanol–water partition coefficient (Wildman–Crippen LogP) is 2.77. The molecule has 1 saturated heterocycles. The highest BCUT2D eigenvalue weighted by Gasteiger charge is 2.23. The first kappa shape index (κ1) is 24.3. The first-order valence-corrected chi connectivity index (χ1v) is 11.9. The van der Waals surface area contributed by atoms with E-state index in [0.717, 1.165) is 24.2 Å². The molecule has 1 unspecified atom stereocenters. The molecule has 0 bridgehead atoms. The Kier molecular flexibility index (Phi) is 8.37. The van der Waals surface area contributed by atoms with Crippen molar-refractivity contribution < 1.29 is 18.8 Å². The highest BCUT2D eigenvalue weighted by atomic mass is 16.5. The van der Waals surface area contributed by atoms with E-state index in [2.05, 4.69) is 25.4 Å². The van der Waals surface area contributed by atoms with Crippen LogP contribution in [-0.2, 0) is 16.0 Å². The first-order valence-electron chi connectivity index (χ1n) is 11.9. The molecule has 10 nitrogen and oxygen atoms in total. The van der Waals surface area contributed by atoms with E-state index < -0.39 is 0 Å². The Morgan fingerprint density at radius 2 is 2.06 bits per heavy atom. The molecule has 4 rings (SSSR count). The maximum atomic E-state index is 13.0. The fraction of sp³-hybridized carbons (Fsp3) is 0.440. The molecule has 0 saturated carbocycles. The van der Waals surface area contributed by atoms with Crippen LogP contribution in [0.3, 0.4) is 0 Å². The van der Waals surface area contributed by atoms with Gasteiger partial charge in [0, 0.05) is 50.8 Å². The van der Waals surface area contributed by atoms with Crippen LogP contribution in [0.2, 0.25) is 0 Å². The minimum Gasteiger partial charge on any atom is -0.497 e. The zero-order valence-corrected chi connectivity index (χ0v) is 19.9. The summed E-state index contributed by atoms with van der Waals surface area (Å²) in [7, 11) is 1.63. The number of ether oxygens (including phenoxy) is 1. The van der Waals surface area contributed by atoms with Crippen LogP contribution in [0.25, 0.3) is 11.5 Å². The summed E-state index contributed by atoms with van der Waals surface area (Å²) in [6.45, 7) is 1.50. The lowest BCUT2D eigenvalue weighted by atomic mass is 9.99. The Morgan fingerprint density at radius 1 is 1.20 bits per heavy atom. The monoisotopic (exact) mass is 478 g/mol. The molecule has 10 heteroatoms. The molecule has 1 fully saturated rings. The Bertz CT molecular complexity index is 1100. The van der Waals surface area contributed by atoms with Gasteiger partial charge in [0.2, 0.25) is 23.5 Å². The summed E-state index contributed by atoms with van der Waals surface area (Å²) in [6, 6.07) is 7.73. The number of carbonyl (C=O) groups is 2. The van der Waals surface area contributed by atoms with Gasteiger partial charge in [-0.2, -0.15) is 4.98 Å². The minimum atomic E-state index is -0.0654. The van der Waals surface area contributed by atoms with Crippen molar-refractivity contribution >= 4 is 11.8 Å². The zero-order valence-electron chi connectivity index (χ0n) is 19.9. The quantitative estimate of drug-likeness (QED) is 0.574. The highest BCUT2D eigenvalue weighted by Crippen LogP contribution is 2.26. The predicted molar refractivity (Wildman–Crippen MR) is 127 cm³/mol. The van der Waals surface area contributed by atoms with Crippen molar-refractivity contribution in [2.75, 3.05) is 26.7 Å². The van der Waals surface area contributed by atoms with E-state index in [1.165, 1.54) is 0 Å². The molecule has 0 radical (unpaired) electrons. The lowest BCUT2D eigenvalue weighted by molar-refractivity contribution is -0.132. The van der Waals surface area contributed by atoms with Crippen molar-refractivity contribution in [1.82, 2.24) is 30.3 Å². The molecule has 0 spiro atoms. The summed E-state index contributed by atoms with van der Waals surface area (Å²) in [4.78, 5) is 39.9. The first-order chi connectivity index (χ1) is 17.1. The molecule has 1 aliphatic rings. The molecule has 1 aromatic carbocycles. The number of nitrogens with zero attached hydrogens (tertiary/aromatic N) is 5. The van der Waals surface area contributed by atoms with Gasteiger partial charge < -0.3 is 19.5 Å². The van der Waals surface area contributed by atoms with Gasteiger partial charge in [-0.3, -0.25) is 14.6 Å². The second-order valence-electron chi connectivity index (χ2n) is 8.50. The molecule has 1 atom stereocenters. The zero-order chi connectivity index (χ0) is 24.5. The minimum absolute atomic E-state index is 0.0254. The van der Waals surface area contributed by atoms with Crippen LogP contribution in [0.4, 0.5) is 0 Å². The Morgan fingerprint density at radius 3 is 2.83 bits per heavy atom. The van der Waals surface area contributed by atoms with Gasteiger partial charge in [-0.15, -0.1) is 0 Å². The smallest absolute Gasteiger partial charge is 0.230 e. The van der Waals surface area contributed by atoms with E-state index in [1.54, 1.807) is 30.6 Å². The summed E-state index contributed by atoms with van der Waals surface area (Å²) in [6.07, 6.45) is 8.28. The molecule has 184 valence electrons. The number of aryl methyl sites for hydroxylation is 1. The van der Waals surface area contributed by atoms with Gasteiger partial charge in [-0.05, 0) is 43.4 Å². The van der Waals surface area contributed by atoms with Crippen molar-refractivity contribution in [3.8, 4) is 17.3 Å². The van der Waals surface area contributed by atoms with Crippen LogP contribution in [-0.4, -0.2) is 63.6 Å². The number of methoxy groups -OCH3 is 1. The number of carbonyl (C=O) groups excluding carboxylic acids is 2. The van der Waals surface area contributed by atoms with Gasteiger partial charge in [0.1, 0.15) is 11.4 Å². The summed E-state index contributed by atoms with van der Waals surface area (Å²) in [5.41, 5.74) is 1.62. The Balaban J connectivity index is 1.37. The number of aromatic nitrogens is 4. The largest absolute Gasteiger partial charge is 0.497 e. The summed E-state index contributed by atoms with van der Waals surface area (Å²) in [5, 5.41) is 7.00. The second kappa shape index (κ2) is 12.0. The van der Waals surface area contributed by atoms with E-state index in [9.17, 15) is 9.59 Å². The van der Waals surface area contributed by atoms with Gasteiger partial charge in [0.05, 0.1) is 13.3 Å². The number of nitrogens with one attached hydrogen (secondary N) is 1. The average Bonchev–Trinajstić information content (AvgIpc) is 3.37. The lowest BCUT2D eigenvalue weighted by Gasteiger charge is -2.23. The summed E-state index contributed by atoms with van der Waals surface area (Å²) >= 11 is 0. The number of hydrogen-bond donors (Lipinski definition) is 1. The molecule has 0 aliphatic carbocycles. The molecule has 1 N–H and O–H groups in total. The van der Waals surface area contributed by atoms with Crippen molar-refractivity contribution in [2.45, 2.75) is 44.4 Å². The Labute approximate surface area is 204 Å². The van der Waals surface area contributed by atoms with Crippen molar-refractivity contribution in [3.05, 3.63) is 54.3 Å². The van der Waals surface area contributed by atoms with E-state index in [0.29, 0.717) is 56.3 Å². The molecule has 1 aliphatic heterocycles. The Hall–Kier alpha value is -3.82. The van der Waals surface area contributed by atoms with Crippen molar-refractivity contribution in [3.63, 3.8) is 0 Å². The fourth-order valence-corrected chi connectivity index (χ4v) is 4.11. The van der Waals surface area contributed by atoms with Crippen LogP contribution in [0.1, 0.15) is 49.5 Å². The summed E-state index contributed by atoms with van der Waals surface area (Å²) in [5.74, 6) is 1.65. The summed E-state index contributed by atoms with van der Waals surface area (Å²) < 4.78 is 10.7. The molecular weight excluding hydrogens is 448 g/mol. The normalized spacial score (nSPS) is 17.3. The average molecular weight is 479 g/mol. The van der Waals surface area contributed by atoms with Gasteiger partial charge in [0.25, 0.3) is 0 Å². The standard InChI is InChI=1S/C25H30N6O4/c1-34-20-7-4-18(5-8-20)6-9-23(33)31-15-2-3-19(10-12-28-22(32)11-16-31)25-29-24(30-35-25)21-17-26-13-14-27-21/h4-5,7-8,13-14,17,19H,2-3,6,9-12,15-16H2,1H3,(H,28,32). The van der Waals surface area contributed by atoms with Gasteiger partial charge in [0.15, 0.2) is 0 Å². The lowest BCUT2D eigenvalue weighted by Crippen LogP contribution is -2.35. The van der Waals surface area contributed by atoms with Crippen molar-refractivity contribution in [1.29, 1.82) is 0 Å². The van der Waals surface area contributed by atoms with Gasteiger partial charge in [-0.25, -0.2) is 4.98 Å². The van der Waals surface area contributed by atoms with Crippen LogP contribution >= 0.6 is 0 Å². The number of rotatable bonds is 6. The maximum Gasteiger partial charge on any atom is 0.230 e.